The first-order valence-electron chi connectivity index (χ1n) is 21.2. The first-order valence-corrected chi connectivity index (χ1v) is 21.2. The second-order valence-electron chi connectivity index (χ2n) is 16.3. The molecule has 1 aliphatic carbocycles. The molecule has 0 radical (unpaired) electrons. The molecule has 7 heteroatoms. The van der Waals surface area contributed by atoms with Crippen molar-refractivity contribution in [1.29, 1.82) is 0 Å². The lowest BCUT2D eigenvalue weighted by Gasteiger charge is -2.26. The molecule has 0 atom stereocenters. The van der Waals surface area contributed by atoms with Gasteiger partial charge < -0.3 is 15.1 Å². The molecule has 0 saturated heterocycles. The van der Waals surface area contributed by atoms with Crippen LogP contribution in [0.3, 0.4) is 0 Å². The summed E-state index contributed by atoms with van der Waals surface area (Å²) in [5.74, 6) is -2.50. The van der Waals surface area contributed by atoms with Gasteiger partial charge in [0.25, 0.3) is 11.4 Å². The van der Waals surface area contributed by atoms with E-state index in [1.807, 2.05) is 48.6 Å². The molecule has 0 unspecified atom stereocenters. The van der Waals surface area contributed by atoms with Gasteiger partial charge in [-0.15, -0.1) is 0 Å². The minimum Gasteiger partial charge on any atom is -0.486 e. The Balaban J connectivity index is 1.03. The molecule has 0 heterocycles. The number of carbonyl (C=O) groups is 2. The molecule has 8 rings (SSSR count). The summed E-state index contributed by atoms with van der Waals surface area (Å²) in [5.41, 5.74) is 14.9. The lowest BCUT2D eigenvalue weighted by atomic mass is 9.82. The van der Waals surface area contributed by atoms with Crippen LogP contribution in [0.4, 0.5) is 17.1 Å². The third kappa shape index (κ3) is 9.77. The fourth-order valence-corrected chi connectivity index (χ4v) is 8.06. The van der Waals surface area contributed by atoms with Crippen molar-refractivity contribution in [3.63, 3.8) is 0 Å². The van der Waals surface area contributed by atoms with Gasteiger partial charge in [-0.05, 0) is 115 Å². The predicted molar refractivity (Wildman–Crippen MR) is 269 cm³/mol. The molecule has 0 saturated carbocycles. The number of rotatable bonds is 13. The summed E-state index contributed by atoms with van der Waals surface area (Å²) < 4.78 is 0. The van der Waals surface area contributed by atoms with Crippen LogP contribution < -0.4 is 4.90 Å². The van der Waals surface area contributed by atoms with Gasteiger partial charge in [0.05, 0.1) is 13.1 Å². The van der Waals surface area contributed by atoms with E-state index in [9.17, 15) is 19.8 Å². The summed E-state index contributed by atoms with van der Waals surface area (Å²) in [5, 5.41) is 18.4. The number of anilines is 3. The molecule has 0 spiro atoms. The van der Waals surface area contributed by atoms with E-state index in [4.69, 9.17) is 13.1 Å². The second-order valence-corrected chi connectivity index (χ2v) is 16.3. The highest BCUT2D eigenvalue weighted by molar-refractivity contribution is 5.95. The zero-order valence-corrected chi connectivity index (χ0v) is 36.3. The Kier molecular flexibility index (Phi) is 12.6. The van der Waals surface area contributed by atoms with Crippen molar-refractivity contribution in [2.45, 2.75) is 19.3 Å². The lowest BCUT2D eigenvalue weighted by Crippen LogP contribution is -2.14. The number of fused-ring (bicyclic) bond motifs is 3. The molecule has 0 aromatic heterocycles. The van der Waals surface area contributed by atoms with Crippen molar-refractivity contribution in [2.75, 3.05) is 4.90 Å². The predicted octanol–water partition coefficient (Wildman–Crippen LogP) is 14.7. The number of hydrogen-bond donors (Lipinski definition) is 2. The largest absolute Gasteiger partial charge is 0.486 e. The molecular weight excluding hydrogens is 815 g/mol. The molecule has 66 heavy (non-hydrogen) atoms. The maximum absolute atomic E-state index is 11.3. The monoisotopic (exact) mass is 857 g/mol. The van der Waals surface area contributed by atoms with E-state index < -0.39 is 11.9 Å². The van der Waals surface area contributed by atoms with Gasteiger partial charge in [-0.25, -0.2) is 9.69 Å². The van der Waals surface area contributed by atoms with Crippen molar-refractivity contribution < 1.29 is 19.8 Å². The van der Waals surface area contributed by atoms with Crippen molar-refractivity contribution in [3.8, 4) is 11.1 Å². The summed E-state index contributed by atoms with van der Waals surface area (Å²) in [6.07, 6.45) is 15.1. The number of benzene rings is 7. The number of carboxylic acids is 2. The molecule has 1 aliphatic rings. The average Bonchev–Trinajstić information content (AvgIpc) is 3.57. The van der Waals surface area contributed by atoms with Gasteiger partial charge >= 0.3 is 11.9 Å². The van der Waals surface area contributed by atoms with Crippen molar-refractivity contribution in [3.05, 3.63) is 254 Å². The molecule has 0 amide bonds. The van der Waals surface area contributed by atoms with Crippen molar-refractivity contribution >= 4 is 77.6 Å². The second kappa shape index (κ2) is 19.1. The molecular formula is C59H43N3O4. The Morgan fingerprint density at radius 2 is 0.758 bits per heavy atom. The van der Waals surface area contributed by atoms with E-state index in [1.165, 1.54) is 34.4 Å². The van der Waals surface area contributed by atoms with E-state index in [1.54, 1.807) is 24.3 Å². The minimum atomic E-state index is -1.25. The molecule has 7 nitrogen and oxygen atoms in total. The summed E-state index contributed by atoms with van der Waals surface area (Å²) in [6.45, 7) is 18.8. The zero-order valence-electron chi connectivity index (χ0n) is 36.3. The standard InChI is InChI=1S/C59H43N3O4/c1-59(2)53-8-6-5-7-51(53)52-36-29-45(37-54(52)59)18-13-44-27-34-50(35-28-44)62(48-30-23-42(24-31-48)11-9-40-14-19-46(20-15-40)38-55(60-3)57(63)64)49-32-25-43(26-33-49)12-10-41-16-21-47(22-17-41)39-56(61-4)58(65)66/h5-39H,1-2H3,(H,63,64)(H,65,66)/b11-9+,12-10+,18-13+,55-38-,56-39-. The third-order valence-electron chi connectivity index (χ3n) is 11.6. The van der Waals surface area contributed by atoms with Crippen LogP contribution in [-0.2, 0) is 15.0 Å². The van der Waals surface area contributed by atoms with Gasteiger partial charge in [0.1, 0.15) is 0 Å². The normalized spacial score (nSPS) is 13.0. The third-order valence-corrected chi connectivity index (χ3v) is 11.6. The van der Waals surface area contributed by atoms with Gasteiger partial charge in [-0.2, -0.15) is 0 Å². The van der Waals surface area contributed by atoms with Crippen LogP contribution in [0.2, 0.25) is 0 Å². The minimum absolute atomic E-state index is 0.0626. The fourth-order valence-electron chi connectivity index (χ4n) is 8.06. The number of aliphatic carboxylic acids is 2. The number of carboxylic acid groups (broad SMARTS) is 2. The van der Waals surface area contributed by atoms with E-state index in [-0.39, 0.29) is 16.8 Å². The summed E-state index contributed by atoms with van der Waals surface area (Å²) in [4.78, 5) is 30.9. The highest BCUT2D eigenvalue weighted by atomic mass is 16.4. The maximum Gasteiger partial charge on any atom is 0.333 e. The Morgan fingerprint density at radius 1 is 0.439 bits per heavy atom. The van der Waals surface area contributed by atoms with Crippen LogP contribution in [0.25, 0.3) is 69.4 Å². The molecule has 0 aliphatic heterocycles. The van der Waals surface area contributed by atoms with Crippen LogP contribution in [0.1, 0.15) is 69.5 Å². The first kappa shape index (κ1) is 43.6. The van der Waals surface area contributed by atoms with Gasteiger partial charge in [-0.1, -0.05) is 178 Å². The average molecular weight is 858 g/mol. The number of hydrogen-bond acceptors (Lipinski definition) is 3. The molecule has 0 bridgehead atoms. The van der Waals surface area contributed by atoms with E-state index in [2.05, 4.69) is 156 Å². The molecule has 2 N–H and O–H groups in total. The van der Waals surface area contributed by atoms with Gasteiger partial charge in [0.2, 0.25) is 0 Å². The van der Waals surface area contributed by atoms with Crippen LogP contribution in [0, 0.1) is 13.1 Å². The quantitative estimate of drug-likeness (QED) is 0.0685. The Hall–Kier alpha value is -9.04. The number of nitrogens with zero attached hydrogens (tertiary/aromatic N) is 3. The fraction of sp³-hybridized carbons (Fsp3) is 0.0508. The van der Waals surface area contributed by atoms with Gasteiger partial charge in [0, 0.05) is 22.5 Å². The highest BCUT2D eigenvalue weighted by Crippen LogP contribution is 2.48. The van der Waals surface area contributed by atoms with E-state index >= 15 is 0 Å². The van der Waals surface area contributed by atoms with Gasteiger partial charge in [-0.3, -0.25) is 9.59 Å². The van der Waals surface area contributed by atoms with Crippen molar-refractivity contribution in [1.82, 2.24) is 0 Å². The van der Waals surface area contributed by atoms with Crippen LogP contribution in [0.5, 0.6) is 0 Å². The maximum atomic E-state index is 11.3. The first-order chi connectivity index (χ1) is 32.0. The van der Waals surface area contributed by atoms with E-state index in [0.29, 0.717) is 11.1 Å². The van der Waals surface area contributed by atoms with Gasteiger partial charge in [0.15, 0.2) is 0 Å². The topological polar surface area (TPSA) is 86.6 Å². The zero-order chi connectivity index (χ0) is 46.2. The van der Waals surface area contributed by atoms with Crippen LogP contribution in [0.15, 0.2) is 175 Å². The lowest BCUT2D eigenvalue weighted by molar-refractivity contribution is -0.133. The SMILES string of the molecule is [C-]#[N+]/C(=C\c1ccc(/C=C/c2ccc(N(c3ccc(/C=C/c4ccc(/C=C(\[N+]#[C-])C(=O)O)cc4)cc3)c3ccc(/C=C/c4ccc5c(c4)C(C)(C)c4ccccc4-5)cc3)cc2)cc1)C(=O)O. The summed E-state index contributed by atoms with van der Waals surface area (Å²) in [7, 11) is 0. The molecule has 0 fully saturated rings. The molecule has 7 aromatic carbocycles. The summed E-state index contributed by atoms with van der Waals surface area (Å²) >= 11 is 0. The highest BCUT2D eigenvalue weighted by Gasteiger charge is 2.35. The smallest absolute Gasteiger partial charge is 0.333 e. The van der Waals surface area contributed by atoms with Crippen LogP contribution in [-0.4, -0.2) is 22.2 Å². The molecule has 318 valence electrons. The van der Waals surface area contributed by atoms with E-state index in [0.717, 1.165) is 50.4 Å². The Morgan fingerprint density at radius 3 is 1.14 bits per heavy atom. The molecule has 7 aromatic rings. The summed E-state index contributed by atoms with van der Waals surface area (Å²) in [6, 6.07) is 55.3. The Labute approximate surface area is 384 Å². The van der Waals surface area contributed by atoms with Crippen LogP contribution >= 0.6 is 0 Å². The van der Waals surface area contributed by atoms with Crippen molar-refractivity contribution in [2.24, 2.45) is 0 Å². The Bertz CT molecular complexity index is 3050.